The number of amides is 2. The highest BCUT2D eigenvalue weighted by Crippen LogP contribution is 2.17. The number of piperidine rings is 1. The molecular formula is C14H19N3O2. The maximum absolute atomic E-state index is 11.9. The number of hydrogen-bond acceptors (Lipinski definition) is 3. The third-order valence-corrected chi connectivity index (χ3v) is 3.33. The van der Waals surface area contributed by atoms with Gasteiger partial charge in [0.1, 0.15) is 0 Å². The van der Waals surface area contributed by atoms with Gasteiger partial charge in [0.25, 0.3) is 0 Å². The van der Waals surface area contributed by atoms with Crippen LogP contribution < -0.4 is 11.1 Å². The number of benzene rings is 1. The Morgan fingerprint density at radius 3 is 2.79 bits per heavy atom. The zero-order valence-corrected chi connectivity index (χ0v) is 11.1. The van der Waals surface area contributed by atoms with Crippen LogP contribution in [0.4, 0.5) is 11.4 Å². The Morgan fingerprint density at radius 2 is 2.11 bits per heavy atom. The summed E-state index contributed by atoms with van der Waals surface area (Å²) >= 11 is 0. The molecule has 3 N–H and O–H groups in total. The van der Waals surface area contributed by atoms with Gasteiger partial charge in [-0.05, 0) is 37.1 Å². The van der Waals surface area contributed by atoms with E-state index in [-0.39, 0.29) is 24.3 Å². The summed E-state index contributed by atoms with van der Waals surface area (Å²) < 4.78 is 0. The van der Waals surface area contributed by atoms with Crippen LogP contribution in [0.5, 0.6) is 0 Å². The van der Waals surface area contributed by atoms with Gasteiger partial charge in [0.15, 0.2) is 0 Å². The second-order valence-electron chi connectivity index (χ2n) is 4.97. The van der Waals surface area contributed by atoms with Crippen LogP contribution in [0.1, 0.15) is 19.8 Å². The average Bonchev–Trinajstić information content (AvgIpc) is 2.38. The molecule has 19 heavy (non-hydrogen) atoms. The van der Waals surface area contributed by atoms with Crippen molar-refractivity contribution in [1.82, 2.24) is 4.90 Å². The molecule has 102 valence electrons. The van der Waals surface area contributed by atoms with Gasteiger partial charge in [-0.3, -0.25) is 9.59 Å². The molecule has 2 amide bonds. The summed E-state index contributed by atoms with van der Waals surface area (Å²) in [7, 11) is 0. The van der Waals surface area contributed by atoms with Crippen molar-refractivity contribution < 1.29 is 9.59 Å². The largest absolute Gasteiger partial charge is 0.399 e. The van der Waals surface area contributed by atoms with Crippen LogP contribution in [-0.2, 0) is 9.59 Å². The highest BCUT2D eigenvalue weighted by atomic mass is 16.2. The van der Waals surface area contributed by atoms with Crippen LogP contribution >= 0.6 is 0 Å². The van der Waals surface area contributed by atoms with Crippen molar-refractivity contribution in [2.45, 2.75) is 19.8 Å². The molecule has 2 rings (SSSR count). The van der Waals surface area contributed by atoms with Crippen molar-refractivity contribution in [3.8, 4) is 0 Å². The van der Waals surface area contributed by atoms with Gasteiger partial charge in [0.2, 0.25) is 11.8 Å². The summed E-state index contributed by atoms with van der Waals surface area (Å²) in [6, 6.07) is 6.94. The third kappa shape index (κ3) is 3.47. The molecule has 1 aliphatic heterocycles. The predicted octanol–water partition coefficient (Wildman–Crippen LogP) is 1.47. The van der Waals surface area contributed by atoms with E-state index < -0.39 is 0 Å². The predicted molar refractivity (Wildman–Crippen MR) is 74.5 cm³/mol. The van der Waals surface area contributed by atoms with Gasteiger partial charge in [-0.25, -0.2) is 0 Å². The van der Waals surface area contributed by atoms with Crippen LogP contribution in [0.3, 0.4) is 0 Å². The van der Waals surface area contributed by atoms with E-state index in [1.54, 1.807) is 29.2 Å². The molecule has 1 unspecified atom stereocenters. The average molecular weight is 261 g/mol. The first-order chi connectivity index (χ1) is 9.06. The van der Waals surface area contributed by atoms with Crippen molar-refractivity contribution in [2.75, 3.05) is 24.1 Å². The fourth-order valence-electron chi connectivity index (χ4n) is 2.23. The molecule has 1 aromatic carbocycles. The van der Waals surface area contributed by atoms with E-state index in [0.29, 0.717) is 17.9 Å². The second-order valence-corrected chi connectivity index (χ2v) is 4.97. The Hall–Kier alpha value is -2.04. The Bertz CT molecular complexity index is 470. The smallest absolute Gasteiger partial charge is 0.243 e. The molecule has 1 atom stereocenters. The highest BCUT2D eigenvalue weighted by Gasteiger charge is 2.26. The molecule has 0 aliphatic carbocycles. The fourth-order valence-corrected chi connectivity index (χ4v) is 2.23. The van der Waals surface area contributed by atoms with Crippen molar-refractivity contribution >= 4 is 23.2 Å². The molecule has 0 saturated carbocycles. The monoisotopic (exact) mass is 261 g/mol. The van der Waals surface area contributed by atoms with E-state index in [1.165, 1.54) is 0 Å². The summed E-state index contributed by atoms with van der Waals surface area (Å²) in [5.74, 6) is -0.0796. The summed E-state index contributed by atoms with van der Waals surface area (Å²) in [6.07, 6.45) is 1.87. The molecule has 1 saturated heterocycles. The van der Waals surface area contributed by atoms with E-state index in [9.17, 15) is 9.59 Å². The van der Waals surface area contributed by atoms with Gasteiger partial charge in [0, 0.05) is 23.8 Å². The van der Waals surface area contributed by atoms with Crippen LogP contribution in [0.15, 0.2) is 24.3 Å². The summed E-state index contributed by atoms with van der Waals surface area (Å²) in [4.78, 5) is 25.4. The summed E-state index contributed by atoms with van der Waals surface area (Å²) in [6.45, 7) is 2.69. The number of carbonyl (C=O) groups is 2. The van der Waals surface area contributed by atoms with E-state index >= 15 is 0 Å². The molecule has 1 heterocycles. The van der Waals surface area contributed by atoms with Gasteiger partial charge in [-0.1, -0.05) is 6.92 Å². The molecule has 0 aromatic heterocycles. The minimum Gasteiger partial charge on any atom is -0.399 e. The third-order valence-electron chi connectivity index (χ3n) is 3.33. The Labute approximate surface area is 112 Å². The Kier molecular flexibility index (Phi) is 4.04. The number of nitrogen functional groups attached to an aromatic ring is 1. The minimum atomic E-state index is -0.174. The van der Waals surface area contributed by atoms with Gasteiger partial charge in [0.05, 0.1) is 6.54 Å². The van der Waals surface area contributed by atoms with Crippen molar-refractivity contribution in [3.63, 3.8) is 0 Å². The molecule has 5 heteroatoms. The molecule has 1 fully saturated rings. The topological polar surface area (TPSA) is 75.4 Å². The van der Waals surface area contributed by atoms with Crippen molar-refractivity contribution in [3.05, 3.63) is 24.3 Å². The second kappa shape index (κ2) is 5.73. The number of anilines is 2. The number of hydrogen-bond donors (Lipinski definition) is 2. The van der Waals surface area contributed by atoms with Crippen LogP contribution in [0.2, 0.25) is 0 Å². The Balaban J connectivity index is 1.90. The number of nitrogens with two attached hydrogens (primary N) is 1. The van der Waals surface area contributed by atoms with Crippen LogP contribution in [-0.4, -0.2) is 29.8 Å². The fraction of sp³-hybridized carbons (Fsp3) is 0.429. The lowest BCUT2D eigenvalue weighted by Gasteiger charge is -2.30. The van der Waals surface area contributed by atoms with Crippen LogP contribution in [0, 0.1) is 5.92 Å². The molecule has 0 bridgehead atoms. The summed E-state index contributed by atoms with van der Waals surface area (Å²) in [5.41, 5.74) is 6.92. The van der Waals surface area contributed by atoms with Gasteiger partial charge < -0.3 is 16.0 Å². The van der Waals surface area contributed by atoms with E-state index in [0.717, 1.165) is 12.8 Å². The van der Waals surface area contributed by atoms with Crippen molar-refractivity contribution in [1.29, 1.82) is 0 Å². The maximum Gasteiger partial charge on any atom is 0.243 e. The van der Waals surface area contributed by atoms with Crippen molar-refractivity contribution in [2.24, 2.45) is 5.92 Å². The normalized spacial score (nSPS) is 19.3. The maximum atomic E-state index is 11.9. The zero-order valence-electron chi connectivity index (χ0n) is 11.1. The highest BCUT2D eigenvalue weighted by molar-refractivity contribution is 5.95. The van der Waals surface area contributed by atoms with E-state index in [1.807, 2.05) is 6.92 Å². The lowest BCUT2D eigenvalue weighted by molar-refractivity contribution is -0.140. The standard InChI is InChI=1S/C14H19N3O2/c1-10-3-2-8-17(14(10)19)9-13(18)16-12-6-4-11(15)5-7-12/h4-7,10H,2-3,8-9,15H2,1H3,(H,16,18). The molecule has 1 aromatic rings. The number of nitrogens with one attached hydrogen (secondary N) is 1. The summed E-state index contributed by atoms with van der Waals surface area (Å²) in [5, 5.41) is 2.76. The number of likely N-dealkylation sites (tertiary alicyclic amines) is 1. The Morgan fingerprint density at radius 1 is 1.42 bits per heavy atom. The molecule has 0 radical (unpaired) electrons. The number of nitrogens with zero attached hydrogens (tertiary/aromatic N) is 1. The SMILES string of the molecule is CC1CCCN(CC(=O)Nc2ccc(N)cc2)C1=O. The first-order valence-electron chi connectivity index (χ1n) is 6.50. The van der Waals surface area contributed by atoms with E-state index in [4.69, 9.17) is 5.73 Å². The van der Waals surface area contributed by atoms with E-state index in [2.05, 4.69) is 5.32 Å². The lowest BCUT2D eigenvalue weighted by atomic mass is 9.99. The molecule has 1 aliphatic rings. The number of rotatable bonds is 3. The first kappa shape index (κ1) is 13.4. The quantitative estimate of drug-likeness (QED) is 0.809. The zero-order chi connectivity index (χ0) is 13.8. The minimum absolute atomic E-state index is 0.0260. The first-order valence-corrected chi connectivity index (χ1v) is 6.50. The molecule has 5 nitrogen and oxygen atoms in total. The lowest BCUT2D eigenvalue weighted by Crippen LogP contribution is -2.44. The van der Waals surface area contributed by atoms with Gasteiger partial charge >= 0.3 is 0 Å². The van der Waals surface area contributed by atoms with Crippen LogP contribution in [0.25, 0.3) is 0 Å². The van der Waals surface area contributed by atoms with Gasteiger partial charge in [-0.15, -0.1) is 0 Å². The molecular weight excluding hydrogens is 242 g/mol. The molecule has 0 spiro atoms. The number of carbonyl (C=O) groups excluding carboxylic acids is 2. The van der Waals surface area contributed by atoms with Gasteiger partial charge in [-0.2, -0.15) is 0 Å².